The van der Waals surface area contributed by atoms with Crippen LogP contribution in [0.3, 0.4) is 0 Å². The van der Waals surface area contributed by atoms with Crippen molar-refractivity contribution in [1.29, 1.82) is 0 Å². The summed E-state index contributed by atoms with van der Waals surface area (Å²) in [6, 6.07) is 4.28. The first-order valence-corrected chi connectivity index (χ1v) is 6.33. The van der Waals surface area contributed by atoms with Crippen LogP contribution in [0.5, 0.6) is 5.75 Å². The fourth-order valence-electron chi connectivity index (χ4n) is 1.54. The normalized spacial score (nSPS) is 14.1. The van der Waals surface area contributed by atoms with E-state index >= 15 is 0 Å². The van der Waals surface area contributed by atoms with E-state index in [9.17, 15) is 9.18 Å². The average molecular weight is 268 g/mol. The largest absolute Gasteiger partial charge is 0.478 e. The van der Waals surface area contributed by atoms with Crippen molar-refractivity contribution >= 4 is 5.91 Å². The molecule has 0 aliphatic heterocycles. The van der Waals surface area contributed by atoms with E-state index in [4.69, 9.17) is 10.5 Å². The third kappa shape index (κ3) is 4.52. The summed E-state index contributed by atoms with van der Waals surface area (Å²) in [7, 11) is 0. The Bertz CT molecular complexity index is 447. The molecule has 1 aromatic carbocycles. The molecular weight excluding hydrogens is 247 g/mol. The number of benzene rings is 1. The second kappa shape index (κ2) is 6.52. The molecule has 19 heavy (non-hydrogen) atoms. The molecule has 1 amide bonds. The highest BCUT2D eigenvalue weighted by molar-refractivity contribution is 5.80. The van der Waals surface area contributed by atoms with Crippen LogP contribution in [-0.4, -0.2) is 18.1 Å². The second-order valence-electron chi connectivity index (χ2n) is 4.90. The summed E-state index contributed by atoms with van der Waals surface area (Å²) in [6.07, 6.45) is -0.752. The van der Waals surface area contributed by atoms with Gasteiger partial charge in [0, 0.05) is 12.1 Å². The van der Waals surface area contributed by atoms with Gasteiger partial charge in [-0.05, 0) is 45.4 Å². The average Bonchev–Trinajstić information content (AvgIpc) is 2.30. The Morgan fingerprint density at radius 2 is 1.95 bits per heavy atom. The van der Waals surface area contributed by atoms with Crippen molar-refractivity contribution in [2.45, 2.75) is 45.9 Å². The molecule has 0 radical (unpaired) electrons. The van der Waals surface area contributed by atoms with Gasteiger partial charge in [0.2, 0.25) is 0 Å². The third-order valence-corrected chi connectivity index (χ3v) is 2.59. The summed E-state index contributed by atoms with van der Waals surface area (Å²) in [6.45, 7) is 7.05. The highest BCUT2D eigenvalue weighted by Crippen LogP contribution is 2.22. The van der Waals surface area contributed by atoms with Gasteiger partial charge in [-0.3, -0.25) is 4.79 Å². The third-order valence-electron chi connectivity index (χ3n) is 2.59. The van der Waals surface area contributed by atoms with Crippen LogP contribution in [0, 0.1) is 5.82 Å². The van der Waals surface area contributed by atoms with E-state index in [1.807, 2.05) is 13.8 Å². The maximum atomic E-state index is 13.8. The number of nitrogens with two attached hydrogens (primary N) is 1. The molecular formula is C14H21FN2O2. The van der Waals surface area contributed by atoms with Gasteiger partial charge in [-0.2, -0.15) is 0 Å². The SMILES string of the molecule is CC(C)NC(=O)C(C)Oc1ccc(C(C)N)cc1F. The van der Waals surface area contributed by atoms with E-state index in [1.54, 1.807) is 19.9 Å². The van der Waals surface area contributed by atoms with Crippen LogP contribution in [-0.2, 0) is 4.79 Å². The Morgan fingerprint density at radius 1 is 1.32 bits per heavy atom. The van der Waals surface area contributed by atoms with Gasteiger partial charge in [-0.25, -0.2) is 4.39 Å². The predicted octanol–water partition coefficient (Wildman–Crippen LogP) is 2.14. The number of amides is 1. The van der Waals surface area contributed by atoms with Crippen LogP contribution in [0.25, 0.3) is 0 Å². The summed E-state index contributed by atoms with van der Waals surface area (Å²) in [5.74, 6) is -0.736. The van der Waals surface area contributed by atoms with Gasteiger partial charge < -0.3 is 15.8 Å². The van der Waals surface area contributed by atoms with Gasteiger partial charge in [0.1, 0.15) is 0 Å². The summed E-state index contributed by atoms with van der Waals surface area (Å²) >= 11 is 0. The molecule has 106 valence electrons. The topological polar surface area (TPSA) is 64.3 Å². The molecule has 0 aliphatic carbocycles. The molecule has 4 nitrogen and oxygen atoms in total. The first kappa shape index (κ1) is 15.4. The minimum absolute atomic E-state index is 0.0175. The molecule has 3 N–H and O–H groups in total. The lowest BCUT2D eigenvalue weighted by molar-refractivity contribution is -0.127. The lowest BCUT2D eigenvalue weighted by atomic mass is 10.1. The Labute approximate surface area is 113 Å². The molecule has 2 unspecified atom stereocenters. The number of nitrogens with one attached hydrogen (secondary N) is 1. The molecule has 2 atom stereocenters. The molecule has 0 spiro atoms. The Hall–Kier alpha value is -1.62. The second-order valence-corrected chi connectivity index (χ2v) is 4.90. The van der Waals surface area contributed by atoms with Crippen LogP contribution < -0.4 is 15.8 Å². The summed E-state index contributed by atoms with van der Waals surface area (Å²) in [5, 5.41) is 2.71. The van der Waals surface area contributed by atoms with Gasteiger partial charge in [-0.1, -0.05) is 6.07 Å². The molecule has 0 bridgehead atoms. The van der Waals surface area contributed by atoms with Gasteiger partial charge in [-0.15, -0.1) is 0 Å². The van der Waals surface area contributed by atoms with E-state index in [0.717, 1.165) is 0 Å². The molecule has 0 aliphatic rings. The molecule has 0 saturated carbocycles. The van der Waals surface area contributed by atoms with E-state index < -0.39 is 11.9 Å². The molecule has 1 aromatic rings. The van der Waals surface area contributed by atoms with Gasteiger partial charge in [0.15, 0.2) is 17.7 Å². The first-order chi connectivity index (χ1) is 8.81. The van der Waals surface area contributed by atoms with Crippen molar-refractivity contribution in [3.05, 3.63) is 29.6 Å². The maximum absolute atomic E-state index is 13.8. The fraction of sp³-hybridized carbons (Fsp3) is 0.500. The number of rotatable bonds is 5. The first-order valence-electron chi connectivity index (χ1n) is 6.33. The van der Waals surface area contributed by atoms with Crippen LogP contribution >= 0.6 is 0 Å². The van der Waals surface area contributed by atoms with Crippen molar-refractivity contribution < 1.29 is 13.9 Å². The zero-order valence-electron chi connectivity index (χ0n) is 11.7. The van der Waals surface area contributed by atoms with Crippen LogP contribution in [0.2, 0.25) is 0 Å². The number of carbonyl (C=O) groups is 1. The number of ether oxygens (including phenoxy) is 1. The maximum Gasteiger partial charge on any atom is 0.260 e. The molecule has 0 fully saturated rings. The fourth-order valence-corrected chi connectivity index (χ4v) is 1.54. The molecule has 5 heteroatoms. The Balaban J connectivity index is 2.74. The van der Waals surface area contributed by atoms with Crippen molar-refractivity contribution in [2.24, 2.45) is 5.73 Å². The van der Waals surface area contributed by atoms with Crippen molar-refractivity contribution in [3.8, 4) is 5.75 Å². The minimum atomic E-state index is -0.752. The van der Waals surface area contributed by atoms with Crippen LogP contribution in [0.4, 0.5) is 4.39 Å². The van der Waals surface area contributed by atoms with Crippen molar-refractivity contribution in [2.75, 3.05) is 0 Å². The zero-order valence-corrected chi connectivity index (χ0v) is 11.7. The quantitative estimate of drug-likeness (QED) is 0.860. The van der Waals surface area contributed by atoms with Crippen molar-refractivity contribution in [1.82, 2.24) is 5.32 Å². The lowest BCUT2D eigenvalue weighted by Crippen LogP contribution is -2.40. The monoisotopic (exact) mass is 268 g/mol. The van der Waals surface area contributed by atoms with E-state index in [2.05, 4.69) is 5.32 Å². The summed E-state index contributed by atoms with van der Waals surface area (Å²) in [4.78, 5) is 11.7. The lowest BCUT2D eigenvalue weighted by Gasteiger charge is -2.17. The van der Waals surface area contributed by atoms with Gasteiger partial charge in [0.05, 0.1) is 0 Å². The smallest absolute Gasteiger partial charge is 0.260 e. The standard InChI is InChI=1S/C14H21FN2O2/c1-8(2)17-14(18)10(4)19-13-6-5-11(9(3)16)7-12(13)15/h5-10H,16H2,1-4H3,(H,17,18). The predicted molar refractivity (Wildman–Crippen MR) is 72.4 cm³/mol. The van der Waals surface area contributed by atoms with Gasteiger partial charge in [0.25, 0.3) is 5.91 Å². The summed E-state index contributed by atoms with van der Waals surface area (Å²) in [5.41, 5.74) is 6.35. The van der Waals surface area contributed by atoms with E-state index in [-0.39, 0.29) is 23.7 Å². The van der Waals surface area contributed by atoms with Gasteiger partial charge >= 0.3 is 0 Å². The highest BCUT2D eigenvalue weighted by Gasteiger charge is 2.17. The summed E-state index contributed by atoms with van der Waals surface area (Å²) < 4.78 is 19.1. The highest BCUT2D eigenvalue weighted by atomic mass is 19.1. The molecule has 0 aromatic heterocycles. The number of hydrogen-bond acceptors (Lipinski definition) is 3. The number of halogens is 1. The molecule has 0 saturated heterocycles. The molecule has 1 rings (SSSR count). The van der Waals surface area contributed by atoms with E-state index in [0.29, 0.717) is 5.56 Å². The van der Waals surface area contributed by atoms with Crippen LogP contribution in [0.1, 0.15) is 39.3 Å². The minimum Gasteiger partial charge on any atom is -0.478 e. The van der Waals surface area contributed by atoms with Crippen LogP contribution in [0.15, 0.2) is 18.2 Å². The number of hydrogen-bond donors (Lipinski definition) is 2. The Kier molecular flexibility index (Phi) is 5.30. The van der Waals surface area contributed by atoms with Crippen molar-refractivity contribution in [3.63, 3.8) is 0 Å². The number of carbonyl (C=O) groups excluding carboxylic acids is 1. The molecule has 0 heterocycles. The zero-order chi connectivity index (χ0) is 14.6. The Morgan fingerprint density at radius 3 is 2.42 bits per heavy atom. The van der Waals surface area contributed by atoms with E-state index in [1.165, 1.54) is 12.1 Å².